The van der Waals surface area contributed by atoms with Gasteiger partial charge in [-0.1, -0.05) is 30.3 Å². The highest BCUT2D eigenvalue weighted by atomic mass is 35.5. The number of aromatic hydroxyl groups is 1. The van der Waals surface area contributed by atoms with Crippen LogP contribution in [0.1, 0.15) is 17.0 Å². The van der Waals surface area contributed by atoms with E-state index in [0.29, 0.717) is 13.1 Å². The summed E-state index contributed by atoms with van der Waals surface area (Å²) in [4.78, 5) is 6.65. The number of halogens is 1. The summed E-state index contributed by atoms with van der Waals surface area (Å²) < 4.78 is 0. The first-order valence-electron chi connectivity index (χ1n) is 7.31. The van der Waals surface area contributed by atoms with Gasteiger partial charge in [-0.25, -0.2) is 0 Å². The third-order valence-corrected chi connectivity index (χ3v) is 3.47. The number of pyridine rings is 1. The van der Waals surface area contributed by atoms with Crippen LogP contribution in [0.2, 0.25) is 0 Å². The fraction of sp³-hybridized carbons (Fsp3) is 0.353. The van der Waals surface area contributed by atoms with Crippen molar-refractivity contribution in [2.24, 2.45) is 5.73 Å². The molecule has 0 saturated carbocycles. The highest BCUT2D eigenvalue weighted by molar-refractivity contribution is 5.85. The van der Waals surface area contributed by atoms with Gasteiger partial charge in [-0.2, -0.15) is 0 Å². The van der Waals surface area contributed by atoms with Crippen LogP contribution >= 0.6 is 12.4 Å². The van der Waals surface area contributed by atoms with Crippen LogP contribution in [0.25, 0.3) is 0 Å². The Kier molecular flexibility index (Phi) is 7.88. The number of nitrogens with zero attached hydrogens (tertiary/aromatic N) is 2. The molecular weight excluding hydrogens is 298 g/mol. The van der Waals surface area contributed by atoms with E-state index in [-0.39, 0.29) is 18.2 Å². The van der Waals surface area contributed by atoms with E-state index < -0.39 is 0 Å². The summed E-state index contributed by atoms with van der Waals surface area (Å²) in [6.45, 7) is 4.84. The van der Waals surface area contributed by atoms with Crippen LogP contribution in [0.15, 0.2) is 42.5 Å². The van der Waals surface area contributed by atoms with Crippen molar-refractivity contribution in [2.45, 2.75) is 19.9 Å². The molecule has 1 aromatic heterocycles. The quantitative estimate of drug-likeness (QED) is 0.822. The molecule has 0 aliphatic rings. The summed E-state index contributed by atoms with van der Waals surface area (Å²) in [6.07, 6.45) is 0.966. The topological polar surface area (TPSA) is 62.4 Å². The normalized spacial score (nSPS) is 10.5. The van der Waals surface area contributed by atoms with E-state index in [1.54, 1.807) is 6.07 Å². The maximum absolute atomic E-state index is 9.92. The molecule has 0 aliphatic carbocycles. The molecule has 2 aromatic rings. The zero-order valence-corrected chi connectivity index (χ0v) is 13.7. The highest BCUT2D eigenvalue weighted by Crippen LogP contribution is 2.17. The van der Waals surface area contributed by atoms with Gasteiger partial charge in [0.25, 0.3) is 0 Å². The smallest absolute Gasteiger partial charge is 0.138 e. The van der Waals surface area contributed by atoms with Crippen LogP contribution in [-0.4, -0.2) is 34.6 Å². The maximum Gasteiger partial charge on any atom is 0.138 e. The highest BCUT2D eigenvalue weighted by Gasteiger charge is 2.10. The first kappa shape index (κ1) is 18.4. The third kappa shape index (κ3) is 5.64. The number of benzene rings is 1. The Labute approximate surface area is 138 Å². The summed E-state index contributed by atoms with van der Waals surface area (Å²) in [6, 6.07) is 13.9. The van der Waals surface area contributed by atoms with Crippen molar-refractivity contribution in [1.29, 1.82) is 0 Å². The molecule has 5 heteroatoms. The molecule has 2 rings (SSSR count). The van der Waals surface area contributed by atoms with Crippen molar-refractivity contribution < 1.29 is 5.11 Å². The van der Waals surface area contributed by atoms with Gasteiger partial charge in [0.15, 0.2) is 0 Å². The van der Waals surface area contributed by atoms with Crippen LogP contribution in [0, 0.1) is 6.92 Å². The largest absolute Gasteiger partial charge is 0.506 e. The second-order valence-corrected chi connectivity index (χ2v) is 5.22. The molecule has 22 heavy (non-hydrogen) atoms. The lowest BCUT2D eigenvalue weighted by molar-refractivity contribution is 0.268. The van der Waals surface area contributed by atoms with Crippen molar-refractivity contribution in [3.05, 3.63) is 59.4 Å². The molecule has 0 atom stereocenters. The van der Waals surface area contributed by atoms with Crippen molar-refractivity contribution in [3.8, 4) is 5.75 Å². The standard InChI is InChI=1S/C17H23N3O.ClH/c1-14-7-8-17(21)16(19-14)13-20(12-10-18)11-9-15-5-3-2-4-6-15;/h2-8,21H,9-13,18H2,1H3;1H. The zero-order valence-electron chi connectivity index (χ0n) is 12.9. The summed E-state index contributed by atoms with van der Waals surface area (Å²) in [5, 5.41) is 9.92. The lowest BCUT2D eigenvalue weighted by Gasteiger charge is -2.21. The first-order chi connectivity index (χ1) is 10.2. The van der Waals surface area contributed by atoms with Gasteiger partial charge in [0.1, 0.15) is 5.75 Å². The molecule has 0 fully saturated rings. The van der Waals surface area contributed by atoms with E-state index in [1.165, 1.54) is 5.56 Å². The second kappa shape index (κ2) is 9.41. The predicted octanol–water partition coefficient (Wildman–Crippen LogP) is 2.52. The monoisotopic (exact) mass is 321 g/mol. The molecule has 1 aromatic carbocycles. The lowest BCUT2D eigenvalue weighted by Crippen LogP contribution is -2.31. The molecule has 0 unspecified atom stereocenters. The Balaban J connectivity index is 0.00000242. The number of aromatic nitrogens is 1. The van der Waals surface area contributed by atoms with Crippen molar-refractivity contribution in [3.63, 3.8) is 0 Å². The lowest BCUT2D eigenvalue weighted by atomic mass is 10.1. The van der Waals surface area contributed by atoms with Crippen LogP contribution in [0.3, 0.4) is 0 Å². The second-order valence-electron chi connectivity index (χ2n) is 5.22. The molecule has 0 radical (unpaired) electrons. The average molecular weight is 322 g/mol. The Morgan fingerprint density at radius 1 is 1.09 bits per heavy atom. The van der Waals surface area contributed by atoms with Crippen LogP contribution in [-0.2, 0) is 13.0 Å². The van der Waals surface area contributed by atoms with Gasteiger partial charge in [-0.05, 0) is 31.0 Å². The fourth-order valence-electron chi connectivity index (χ4n) is 2.32. The van der Waals surface area contributed by atoms with Gasteiger partial charge in [0, 0.05) is 31.9 Å². The molecule has 4 nitrogen and oxygen atoms in total. The van der Waals surface area contributed by atoms with Gasteiger partial charge in [-0.3, -0.25) is 9.88 Å². The minimum Gasteiger partial charge on any atom is -0.506 e. The van der Waals surface area contributed by atoms with E-state index in [4.69, 9.17) is 5.73 Å². The number of hydrogen-bond acceptors (Lipinski definition) is 4. The number of hydrogen-bond donors (Lipinski definition) is 2. The molecule has 1 heterocycles. The van der Waals surface area contributed by atoms with Gasteiger partial charge in [0.2, 0.25) is 0 Å². The first-order valence-corrected chi connectivity index (χ1v) is 7.31. The molecule has 120 valence electrons. The van der Waals surface area contributed by atoms with E-state index in [0.717, 1.165) is 30.9 Å². The molecule has 0 bridgehead atoms. The van der Waals surface area contributed by atoms with Crippen LogP contribution in [0.4, 0.5) is 0 Å². The Bertz CT molecular complexity index is 563. The van der Waals surface area contributed by atoms with E-state index in [2.05, 4.69) is 34.1 Å². The molecule has 0 saturated heterocycles. The van der Waals surface area contributed by atoms with Gasteiger partial charge >= 0.3 is 0 Å². The summed E-state index contributed by atoms with van der Waals surface area (Å²) in [7, 11) is 0. The molecular formula is C17H24ClN3O. The molecule has 3 N–H and O–H groups in total. The average Bonchev–Trinajstić information content (AvgIpc) is 2.50. The van der Waals surface area contributed by atoms with Crippen LogP contribution < -0.4 is 5.73 Å². The summed E-state index contributed by atoms with van der Waals surface area (Å²) in [5.74, 6) is 0.252. The minimum absolute atomic E-state index is 0. The van der Waals surface area contributed by atoms with E-state index in [1.807, 2.05) is 19.1 Å². The minimum atomic E-state index is 0. The van der Waals surface area contributed by atoms with Crippen molar-refractivity contribution in [2.75, 3.05) is 19.6 Å². The van der Waals surface area contributed by atoms with Gasteiger partial charge in [-0.15, -0.1) is 12.4 Å². The van der Waals surface area contributed by atoms with Crippen molar-refractivity contribution in [1.82, 2.24) is 9.88 Å². The Morgan fingerprint density at radius 3 is 2.50 bits per heavy atom. The molecule has 0 spiro atoms. The van der Waals surface area contributed by atoms with Crippen LogP contribution in [0.5, 0.6) is 5.75 Å². The Morgan fingerprint density at radius 2 is 1.82 bits per heavy atom. The molecule has 0 amide bonds. The number of rotatable bonds is 7. The summed E-state index contributed by atoms with van der Waals surface area (Å²) >= 11 is 0. The fourth-order valence-corrected chi connectivity index (χ4v) is 2.32. The maximum atomic E-state index is 9.92. The van der Waals surface area contributed by atoms with Crippen molar-refractivity contribution >= 4 is 12.4 Å². The Hall–Kier alpha value is -1.62. The number of aryl methyl sites for hydroxylation is 1. The SMILES string of the molecule is Cc1ccc(O)c(CN(CCN)CCc2ccccc2)n1.Cl. The predicted molar refractivity (Wildman–Crippen MR) is 92.4 cm³/mol. The van der Waals surface area contributed by atoms with E-state index in [9.17, 15) is 5.11 Å². The molecule has 0 aliphatic heterocycles. The van der Waals surface area contributed by atoms with Gasteiger partial charge < -0.3 is 10.8 Å². The summed E-state index contributed by atoms with van der Waals surface area (Å²) in [5.41, 5.74) is 8.64. The number of nitrogens with two attached hydrogens (primary N) is 1. The van der Waals surface area contributed by atoms with Gasteiger partial charge in [0.05, 0.1) is 5.69 Å². The van der Waals surface area contributed by atoms with E-state index >= 15 is 0 Å². The zero-order chi connectivity index (χ0) is 15.1. The third-order valence-electron chi connectivity index (χ3n) is 3.47.